The standard InChI is InChI=1S/C30H22BrCl2N3O5S/c1-39-27-11-18(4-9-26(27)41-17-19-5-7-22(32)14-24(19)33)12-28-29(38)36(16-23-3-2-10-40-23)30(42-28)35-34-15-20-13-21(31)6-8-25(20)37/h2-15,37H,16-17H2,1H3/b28-12-,34-15-,35-30+. The molecule has 12 heteroatoms. The van der Waals surface area contributed by atoms with E-state index in [0.29, 0.717) is 42.9 Å². The van der Waals surface area contributed by atoms with Crippen LogP contribution >= 0.6 is 50.9 Å². The number of amidine groups is 1. The number of rotatable bonds is 9. The van der Waals surface area contributed by atoms with E-state index in [1.165, 1.54) is 22.9 Å². The van der Waals surface area contributed by atoms with Gasteiger partial charge in [0.15, 0.2) is 16.7 Å². The van der Waals surface area contributed by atoms with Crippen molar-refractivity contribution in [2.45, 2.75) is 13.2 Å². The first-order chi connectivity index (χ1) is 20.3. The Morgan fingerprint density at radius 1 is 1.10 bits per heavy atom. The number of phenolic OH excluding ortho intramolecular Hbond substituents is 1. The molecule has 5 rings (SSSR count). The molecule has 1 fully saturated rings. The van der Waals surface area contributed by atoms with Gasteiger partial charge >= 0.3 is 0 Å². The monoisotopic (exact) mass is 685 g/mol. The van der Waals surface area contributed by atoms with Crippen molar-refractivity contribution in [3.63, 3.8) is 0 Å². The molecule has 1 aromatic heterocycles. The third-order valence-corrected chi connectivity index (χ3v) is 8.07. The van der Waals surface area contributed by atoms with Crippen LogP contribution in [0.15, 0.2) is 97.0 Å². The van der Waals surface area contributed by atoms with Gasteiger partial charge in [-0.1, -0.05) is 51.3 Å². The summed E-state index contributed by atoms with van der Waals surface area (Å²) in [4.78, 5) is 15.4. The fourth-order valence-corrected chi connectivity index (χ4v) is 5.67. The molecule has 2 heterocycles. The Kier molecular flexibility index (Phi) is 9.58. The van der Waals surface area contributed by atoms with E-state index in [2.05, 4.69) is 26.1 Å². The van der Waals surface area contributed by atoms with Gasteiger partial charge in [0.1, 0.15) is 18.1 Å². The molecule has 1 N–H and O–H groups in total. The highest BCUT2D eigenvalue weighted by atomic mass is 79.9. The summed E-state index contributed by atoms with van der Waals surface area (Å²) in [6.07, 6.45) is 4.71. The first kappa shape index (κ1) is 29.8. The number of hydrogen-bond acceptors (Lipinski definition) is 8. The quantitative estimate of drug-likeness (QED) is 0.108. The highest BCUT2D eigenvalue weighted by molar-refractivity contribution is 9.10. The van der Waals surface area contributed by atoms with Gasteiger partial charge in [0.25, 0.3) is 5.91 Å². The Morgan fingerprint density at radius 3 is 2.71 bits per heavy atom. The Labute approximate surface area is 264 Å². The third-order valence-electron chi connectivity index (χ3n) is 6.00. The SMILES string of the molecule is COc1cc(/C=C2\S/C(=N/N=C\c3cc(Br)ccc3O)N(Cc3ccco3)C2=O)ccc1OCc1ccc(Cl)cc1Cl. The van der Waals surface area contributed by atoms with Crippen LogP contribution in [0.4, 0.5) is 0 Å². The lowest BCUT2D eigenvalue weighted by Gasteiger charge is -2.13. The lowest BCUT2D eigenvalue weighted by atomic mass is 10.1. The molecule has 3 aromatic carbocycles. The van der Waals surface area contributed by atoms with Crippen LogP contribution < -0.4 is 9.47 Å². The number of carbonyl (C=O) groups is 1. The van der Waals surface area contributed by atoms with E-state index in [4.69, 9.17) is 37.1 Å². The summed E-state index contributed by atoms with van der Waals surface area (Å²) in [5, 5.41) is 19.9. The number of ether oxygens (including phenoxy) is 2. The van der Waals surface area contributed by atoms with Crippen LogP contribution in [0, 0.1) is 0 Å². The molecule has 0 aliphatic carbocycles. The minimum atomic E-state index is -0.257. The maximum Gasteiger partial charge on any atom is 0.267 e. The number of halogens is 3. The number of benzene rings is 3. The van der Waals surface area contributed by atoms with Crippen LogP contribution in [0.1, 0.15) is 22.5 Å². The van der Waals surface area contributed by atoms with E-state index in [1.807, 2.05) is 6.07 Å². The van der Waals surface area contributed by atoms with Gasteiger partial charge in [0, 0.05) is 25.6 Å². The van der Waals surface area contributed by atoms with E-state index in [-0.39, 0.29) is 24.8 Å². The molecule has 0 bridgehead atoms. The number of methoxy groups -OCH3 is 1. The summed E-state index contributed by atoms with van der Waals surface area (Å²) in [5.74, 6) is 1.40. The molecule has 0 spiro atoms. The Hall–Kier alpha value is -3.70. The van der Waals surface area contributed by atoms with Crippen molar-refractivity contribution in [3.05, 3.63) is 115 Å². The second-order valence-electron chi connectivity index (χ2n) is 8.85. The van der Waals surface area contributed by atoms with Gasteiger partial charge in [-0.3, -0.25) is 9.69 Å². The molecule has 0 radical (unpaired) electrons. The zero-order chi connectivity index (χ0) is 29.6. The van der Waals surface area contributed by atoms with Crippen LogP contribution in [-0.4, -0.2) is 34.4 Å². The highest BCUT2D eigenvalue weighted by Gasteiger charge is 2.34. The van der Waals surface area contributed by atoms with Crippen molar-refractivity contribution >= 4 is 74.3 Å². The lowest BCUT2D eigenvalue weighted by molar-refractivity contribution is -0.122. The van der Waals surface area contributed by atoms with Crippen molar-refractivity contribution in [3.8, 4) is 17.2 Å². The van der Waals surface area contributed by atoms with Crippen molar-refractivity contribution in [1.29, 1.82) is 0 Å². The van der Waals surface area contributed by atoms with E-state index in [9.17, 15) is 9.90 Å². The number of nitrogens with zero attached hydrogens (tertiary/aromatic N) is 3. The molecule has 1 aliphatic rings. The Balaban J connectivity index is 1.38. The van der Waals surface area contributed by atoms with Crippen LogP contribution in [0.2, 0.25) is 10.0 Å². The third kappa shape index (κ3) is 7.19. The van der Waals surface area contributed by atoms with Crippen molar-refractivity contribution < 1.29 is 23.8 Å². The van der Waals surface area contributed by atoms with Gasteiger partial charge in [0.05, 0.1) is 31.0 Å². The van der Waals surface area contributed by atoms with Crippen LogP contribution in [-0.2, 0) is 17.9 Å². The second-order valence-corrected chi connectivity index (χ2v) is 11.6. The van der Waals surface area contributed by atoms with Gasteiger partial charge < -0.3 is 19.0 Å². The number of thioether (sulfide) groups is 1. The number of phenols is 1. The number of amides is 1. The molecule has 1 saturated heterocycles. The first-order valence-electron chi connectivity index (χ1n) is 12.4. The molecule has 214 valence electrons. The molecule has 0 unspecified atom stereocenters. The summed E-state index contributed by atoms with van der Waals surface area (Å²) in [6.45, 7) is 0.400. The lowest BCUT2D eigenvalue weighted by Crippen LogP contribution is -2.28. The normalized spacial score (nSPS) is 15.3. The first-order valence-corrected chi connectivity index (χ1v) is 14.8. The summed E-state index contributed by atoms with van der Waals surface area (Å²) in [6, 6.07) is 19.1. The van der Waals surface area contributed by atoms with Crippen LogP contribution in [0.3, 0.4) is 0 Å². The van der Waals surface area contributed by atoms with Crippen molar-refractivity contribution in [1.82, 2.24) is 4.90 Å². The summed E-state index contributed by atoms with van der Waals surface area (Å²) in [7, 11) is 1.54. The summed E-state index contributed by atoms with van der Waals surface area (Å²) < 4.78 is 17.7. The number of furan rings is 1. The molecule has 0 atom stereocenters. The summed E-state index contributed by atoms with van der Waals surface area (Å²) >= 11 is 16.8. The highest BCUT2D eigenvalue weighted by Crippen LogP contribution is 2.36. The largest absolute Gasteiger partial charge is 0.507 e. The maximum absolute atomic E-state index is 13.5. The predicted octanol–water partition coefficient (Wildman–Crippen LogP) is 8.15. The topological polar surface area (TPSA) is 96.9 Å². The number of carbonyl (C=O) groups excluding carboxylic acids is 1. The van der Waals surface area contributed by atoms with Crippen molar-refractivity contribution in [2.75, 3.05) is 7.11 Å². The van der Waals surface area contributed by atoms with E-state index in [1.54, 1.807) is 80.1 Å². The molecular weight excluding hydrogens is 665 g/mol. The smallest absolute Gasteiger partial charge is 0.267 e. The second kappa shape index (κ2) is 13.5. The van der Waals surface area contributed by atoms with Crippen LogP contribution in [0.5, 0.6) is 17.2 Å². The zero-order valence-electron chi connectivity index (χ0n) is 22.0. The predicted molar refractivity (Wildman–Crippen MR) is 169 cm³/mol. The summed E-state index contributed by atoms with van der Waals surface area (Å²) in [5.41, 5.74) is 1.98. The fraction of sp³-hybridized carbons (Fsp3) is 0.100. The average Bonchev–Trinajstić information content (AvgIpc) is 3.59. The minimum Gasteiger partial charge on any atom is -0.507 e. The molecule has 42 heavy (non-hydrogen) atoms. The van der Waals surface area contributed by atoms with Gasteiger partial charge in [-0.2, -0.15) is 5.10 Å². The van der Waals surface area contributed by atoms with Gasteiger partial charge in [-0.15, -0.1) is 5.10 Å². The van der Waals surface area contributed by atoms with Gasteiger partial charge in [0.2, 0.25) is 0 Å². The maximum atomic E-state index is 13.5. The average molecular weight is 687 g/mol. The Morgan fingerprint density at radius 2 is 1.95 bits per heavy atom. The van der Waals surface area contributed by atoms with Crippen LogP contribution in [0.25, 0.3) is 6.08 Å². The van der Waals surface area contributed by atoms with E-state index < -0.39 is 0 Å². The molecular formula is C30H22BrCl2N3O5S. The fourth-order valence-electron chi connectivity index (χ4n) is 3.89. The van der Waals surface area contributed by atoms with Crippen molar-refractivity contribution in [2.24, 2.45) is 10.2 Å². The van der Waals surface area contributed by atoms with E-state index in [0.717, 1.165) is 15.6 Å². The minimum absolute atomic E-state index is 0.0583. The number of hydrogen-bond donors (Lipinski definition) is 1. The molecule has 8 nitrogen and oxygen atoms in total. The molecule has 0 saturated carbocycles. The van der Waals surface area contributed by atoms with Gasteiger partial charge in [-0.25, -0.2) is 0 Å². The molecule has 4 aromatic rings. The molecule has 1 aliphatic heterocycles. The Bertz CT molecular complexity index is 1710. The molecule has 1 amide bonds. The number of aromatic hydroxyl groups is 1. The van der Waals surface area contributed by atoms with Gasteiger partial charge in [-0.05, 0) is 78.0 Å². The zero-order valence-corrected chi connectivity index (χ0v) is 25.9. The van der Waals surface area contributed by atoms with E-state index >= 15 is 0 Å².